The summed E-state index contributed by atoms with van der Waals surface area (Å²) in [5.41, 5.74) is 0.717. The maximum atomic E-state index is 12.7. The molecule has 10 nitrogen and oxygen atoms in total. The molecule has 3 amide bonds. The first-order valence-corrected chi connectivity index (χ1v) is 13.1. The molecule has 0 bridgehead atoms. The third-order valence-corrected chi connectivity index (χ3v) is 8.57. The molecule has 1 aromatic carbocycles. The van der Waals surface area contributed by atoms with Crippen molar-refractivity contribution in [3.05, 3.63) is 28.7 Å². The Hall–Kier alpha value is -2.57. The lowest BCUT2D eigenvalue weighted by Gasteiger charge is -2.30. The highest BCUT2D eigenvalue weighted by atomic mass is 32.2. The van der Waals surface area contributed by atoms with Crippen LogP contribution in [0.5, 0.6) is 11.5 Å². The average Bonchev–Trinajstić information content (AvgIpc) is 3.38. The van der Waals surface area contributed by atoms with Crippen LogP contribution in [0.1, 0.15) is 25.3 Å². The Bertz CT molecular complexity index is 1100. The molecule has 0 spiro atoms. The van der Waals surface area contributed by atoms with Crippen molar-refractivity contribution in [1.29, 1.82) is 0 Å². The zero-order valence-electron chi connectivity index (χ0n) is 18.1. The van der Waals surface area contributed by atoms with E-state index in [0.717, 1.165) is 22.2 Å². The van der Waals surface area contributed by atoms with E-state index in [1.165, 1.54) is 4.31 Å². The highest BCUT2D eigenvalue weighted by molar-refractivity contribution is 8.18. The maximum absolute atomic E-state index is 12.7. The summed E-state index contributed by atoms with van der Waals surface area (Å²) in [6.07, 6.45) is 2.53. The van der Waals surface area contributed by atoms with Crippen LogP contribution in [0.3, 0.4) is 0 Å². The Balaban J connectivity index is 1.27. The van der Waals surface area contributed by atoms with Gasteiger partial charge in [0, 0.05) is 32.1 Å². The summed E-state index contributed by atoms with van der Waals surface area (Å²) in [6.45, 7) is 2.60. The van der Waals surface area contributed by atoms with Crippen LogP contribution in [0.4, 0.5) is 4.79 Å². The third-order valence-electron chi connectivity index (χ3n) is 5.79. The Morgan fingerprint density at radius 1 is 1.21 bits per heavy atom. The van der Waals surface area contributed by atoms with Crippen molar-refractivity contribution in [2.75, 3.05) is 38.7 Å². The number of benzene rings is 1. The van der Waals surface area contributed by atoms with Crippen LogP contribution < -0.4 is 14.8 Å². The van der Waals surface area contributed by atoms with Gasteiger partial charge in [0.1, 0.15) is 0 Å². The summed E-state index contributed by atoms with van der Waals surface area (Å²) in [7, 11) is -3.24. The standard InChI is InChI=1S/C21H25N3O7S2/c1-2-33(28,29)23-8-5-15(6-9-23)19(25)22-7-10-24-20(26)18(32-21(24)27)12-14-3-4-16-17(11-14)31-13-30-16/h3-4,11-12,15H,2,5-10,13H2,1H3,(H,22,25)/b18-12-. The van der Waals surface area contributed by atoms with E-state index >= 15 is 0 Å². The predicted octanol–water partition coefficient (Wildman–Crippen LogP) is 1.63. The number of carbonyl (C=O) groups excluding carboxylic acids is 3. The first kappa shape index (κ1) is 23.6. The van der Waals surface area contributed by atoms with E-state index < -0.39 is 15.9 Å². The number of piperidine rings is 1. The van der Waals surface area contributed by atoms with Gasteiger partial charge in [-0.15, -0.1) is 0 Å². The zero-order valence-corrected chi connectivity index (χ0v) is 19.7. The van der Waals surface area contributed by atoms with Gasteiger partial charge < -0.3 is 14.8 Å². The van der Waals surface area contributed by atoms with Crippen LogP contribution in [0.15, 0.2) is 23.1 Å². The van der Waals surface area contributed by atoms with Crippen LogP contribution in [0, 0.1) is 5.92 Å². The second kappa shape index (κ2) is 9.74. The minimum absolute atomic E-state index is 0.0465. The molecule has 2 fully saturated rings. The van der Waals surface area contributed by atoms with Gasteiger partial charge in [-0.1, -0.05) is 6.07 Å². The lowest BCUT2D eigenvalue weighted by molar-refractivity contribution is -0.127. The fraction of sp³-hybridized carbons (Fsp3) is 0.476. The fourth-order valence-electron chi connectivity index (χ4n) is 3.86. The van der Waals surface area contributed by atoms with Gasteiger partial charge in [-0.3, -0.25) is 19.3 Å². The van der Waals surface area contributed by atoms with Crippen LogP contribution in [0.2, 0.25) is 0 Å². The van der Waals surface area contributed by atoms with Crippen molar-refractivity contribution in [2.24, 2.45) is 5.92 Å². The van der Waals surface area contributed by atoms with Gasteiger partial charge in [-0.05, 0) is 55.3 Å². The van der Waals surface area contributed by atoms with Gasteiger partial charge in [0.25, 0.3) is 11.1 Å². The summed E-state index contributed by atoms with van der Waals surface area (Å²) in [5.74, 6) is 0.387. The summed E-state index contributed by atoms with van der Waals surface area (Å²) in [4.78, 5) is 38.9. The molecule has 33 heavy (non-hydrogen) atoms. The second-order valence-electron chi connectivity index (χ2n) is 7.81. The molecule has 4 rings (SSSR count). The number of imide groups is 1. The molecular weight excluding hydrogens is 470 g/mol. The van der Waals surface area contributed by atoms with E-state index in [9.17, 15) is 22.8 Å². The zero-order chi connectivity index (χ0) is 23.6. The van der Waals surface area contributed by atoms with E-state index in [1.807, 2.05) is 0 Å². The predicted molar refractivity (Wildman–Crippen MR) is 122 cm³/mol. The molecule has 1 aromatic rings. The SMILES string of the molecule is CCS(=O)(=O)N1CCC(C(=O)NCCN2C(=O)S/C(=C\c3ccc4c(c3)OCO4)C2=O)CC1. The first-order chi connectivity index (χ1) is 15.8. The van der Waals surface area contributed by atoms with E-state index in [4.69, 9.17) is 9.47 Å². The monoisotopic (exact) mass is 495 g/mol. The number of nitrogens with zero attached hydrogens (tertiary/aromatic N) is 2. The van der Waals surface area contributed by atoms with Crippen molar-refractivity contribution < 1.29 is 32.3 Å². The van der Waals surface area contributed by atoms with Crippen molar-refractivity contribution in [3.8, 4) is 11.5 Å². The van der Waals surface area contributed by atoms with Crippen LogP contribution in [-0.4, -0.2) is 73.4 Å². The Morgan fingerprint density at radius 3 is 2.67 bits per heavy atom. The third kappa shape index (κ3) is 5.17. The first-order valence-electron chi connectivity index (χ1n) is 10.7. The lowest BCUT2D eigenvalue weighted by Crippen LogP contribution is -2.45. The van der Waals surface area contributed by atoms with Crippen LogP contribution >= 0.6 is 11.8 Å². The molecule has 0 aromatic heterocycles. The lowest BCUT2D eigenvalue weighted by atomic mass is 9.97. The topological polar surface area (TPSA) is 122 Å². The number of hydrogen-bond donors (Lipinski definition) is 1. The molecule has 3 heterocycles. The summed E-state index contributed by atoms with van der Waals surface area (Å²) < 4.78 is 35.9. The average molecular weight is 496 g/mol. The van der Waals surface area contributed by atoms with Gasteiger partial charge in [-0.2, -0.15) is 0 Å². The Kier molecular flexibility index (Phi) is 6.96. The molecular formula is C21H25N3O7S2. The number of carbonyl (C=O) groups is 3. The van der Waals surface area contributed by atoms with Gasteiger partial charge in [0.15, 0.2) is 11.5 Å². The summed E-state index contributed by atoms with van der Waals surface area (Å²) >= 11 is 0.853. The molecule has 0 radical (unpaired) electrons. The number of hydrogen-bond acceptors (Lipinski definition) is 8. The van der Waals surface area contributed by atoms with Gasteiger partial charge in [-0.25, -0.2) is 12.7 Å². The van der Waals surface area contributed by atoms with E-state index in [2.05, 4.69) is 5.32 Å². The number of sulfonamides is 1. The smallest absolute Gasteiger partial charge is 0.293 e. The highest BCUT2D eigenvalue weighted by Crippen LogP contribution is 2.36. The van der Waals surface area contributed by atoms with Gasteiger partial charge in [0.05, 0.1) is 10.7 Å². The molecule has 0 saturated carbocycles. The Morgan fingerprint density at radius 2 is 1.94 bits per heavy atom. The van der Waals surface area contributed by atoms with Gasteiger partial charge in [0.2, 0.25) is 22.7 Å². The molecule has 3 aliphatic rings. The van der Waals surface area contributed by atoms with Gasteiger partial charge >= 0.3 is 0 Å². The minimum Gasteiger partial charge on any atom is -0.454 e. The van der Waals surface area contributed by atoms with E-state index in [0.29, 0.717) is 42.3 Å². The van der Waals surface area contributed by atoms with Crippen molar-refractivity contribution in [2.45, 2.75) is 19.8 Å². The fourth-order valence-corrected chi connectivity index (χ4v) is 5.86. The van der Waals surface area contributed by atoms with E-state index in [-0.39, 0.29) is 42.7 Å². The van der Waals surface area contributed by atoms with Crippen molar-refractivity contribution in [3.63, 3.8) is 0 Å². The molecule has 178 valence electrons. The second-order valence-corrected chi connectivity index (χ2v) is 11.1. The molecule has 12 heteroatoms. The quantitative estimate of drug-likeness (QED) is 0.567. The summed E-state index contributed by atoms with van der Waals surface area (Å²) in [5, 5.41) is 2.38. The minimum atomic E-state index is -3.24. The van der Waals surface area contributed by atoms with Crippen LogP contribution in [0.25, 0.3) is 6.08 Å². The highest BCUT2D eigenvalue weighted by Gasteiger charge is 2.35. The molecule has 1 N–H and O–H groups in total. The molecule has 0 aliphatic carbocycles. The number of amides is 3. The van der Waals surface area contributed by atoms with Crippen LogP contribution in [-0.2, 0) is 19.6 Å². The molecule has 2 saturated heterocycles. The molecule has 0 unspecified atom stereocenters. The number of thioether (sulfide) groups is 1. The van der Waals surface area contributed by atoms with Crippen molar-refractivity contribution in [1.82, 2.24) is 14.5 Å². The molecule has 3 aliphatic heterocycles. The van der Waals surface area contributed by atoms with Crippen molar-refractivity contribution >= 4 is 44.9 Å². The summed E-state index contributed by atoms with van der Waals surface area (Å²) in [6, 6.07) is 5.27. The number of rotatable bonds is 7. The largest absolute Gasteiger partial charge is 0.454 e. The maximum Gasteiger partial charge on any atom is 0.293 e. The molecule has 0 atom stereocenters. The number of nitrogens with one attached hydrogen (secondary N) is 1. The number of fused-ring (bicyclic) bond motifs is 1. The number of ether oxygens (including phenoxy) is 2. The Labute approximate surface area is 196 Å². The van der Waals surface area contributed by atoms with E-state index in [1.54, 1.807) is 31.2 Å². The normalized spacial score (nSPS) is 20.6.